The third-order valence-electron chi connectivity index (χ3n) is 2.28. The molecule has 1 amide bonds. The summed E-state index contributed by atoms with van der Waals surface area (Å²) in [5.74, 6) is -1.75. The molecule has 18 heavy (non-hydrogen) atoms. The van der Waals surface area contributed by atoms with Crippen molar-refractivity contribution >= 4 is 23.1 Å². The van der Waals surface area contributed by atoms with Crippen molar-refractivity contribution in [2.45, 2.75) is 25.8 Å². The largest absolute Gasteiger partial charge is 0.393 e. The van der Waals surface area contributed by atoms with Gasteiger partial charge in [-0.15, -0.1) is 0 Å². The van der Waals surface area contributed by atoms with Crippen molar-refractivity contribution in [3.05, 3.63) is 35.4 Å². The number of hydrogen-bond acceptors (Lipinski definition) is 2. The van der Waals surface area contributed by atoms with Crippen LogP contribution in [-0.4, -0.2) is 16.9 Å². The SMILES string of the molecule is CC(CC(N)=S)NC(=O)Cc1ccc(F)cc1F. The molecule has 0 spiro atoms. The third kappa shape index (κ3) is 4.75. The number of halogens is 2. The average Bonchev–Trinajstić information content (AvgIpc) is 2.20. The lowest BCUT2D eigenvalue weighted by Crippen LogP contribution is -2.36. The number of rotatable bonds is 5. The molecule has 0 heterocycles. The maximum Gasteiger partial charge on any atom is 0.224 e. The zero-order valence-electron chi connectivity index (χ0n) is 9.87. The fourth-order valence-electron chi connectivity index (χ4n) is 1.52. The smallest absolute Gasteiger partial charge is 0.224 e. The van der Waals surface area contributed by atoms with E-state index < -0.39 is 11.6 Å². The van der Waals surface area contributed by atoms with Crippen LogP contribution in [0.15, 0.2) is 18.2 Å². The van der Waals surface area contributed by atoms with Gasteiger partial charge in [0.1, 0.15) is 11.6 Å². The van der Waals surface area contributed by atoms with E-state index in [0.29, 0.717) is 11.4 Å². The van der Waals surface area contributed by atoms with Gasteiger partial charge >= 0.3 is 0 Å². The fourth-order valence-corrected chi connectivity index (χ4v) is 1.77. The van der Waals surface area contributed by atoms with E-state index in [2.05, 4.69) is 5.32 Å². The molecule has 1 atom stereocenters. The Morgan fingerprint density at radius 1 is 1.50 bits per heavy atom. The number of nitrogens with one attached hydrogen (secondary N) is 1. The predicted octanol–water partition coefficient (Wildman–Crippen LogP) is 1.69. The first-order valence-electron chi connectivity index (χ1n) is 5.40. The molecule has 0 aliphatic heterocycles. The molecule has 3 N–H and O–H groups in total. The third-order valence-corrected chi connectivity index (χ3v) is 2.45. The van der Waals surface area contributed by atoms with Crippen LogP contribution in [-0.2, 0) is 11.2 Å². The van der Waals surface area contributed by atoms with Crippen LogP contribution in [0.25, 0.3) is 0 Å². The van der Waals surface area contributed by atoms with E-state index >= 15 is 0 Å². The van der Waals surface area contributed by atoms with E-state index in [0.717, 1.165) is 12.1 Å². The van der Waals surface area contributed by atoms with Gasteiger partial charge in [0.25, 0.3) is 0 Å². The summed E-state index contributed by atoms with van der Waals surface area (Å²) in [5.41, 5.74) is 5.49. The Morgan fingerprint density at radius 3 is 2.72 bits per heavy atom. The molecule has 1 aromatic rings. The Bertz CT molecular complexity index is 465. The number of amides is 1. The number of thiocarbonyl (C=S) groups is 1. The van der Waals surface area contributed by atoms with Crippen molar-refractivity contribution in [1.82, 2.24) is 5.32 Å². The van der Waals surface area contributed by atoms with Crippen LogP contribution in [0.3, 0.4) is 0 Å². The first-order valence-corrected chi connectivity index (χ1v) is 5.81. The van der Waals surface area contributed by atoms with Crippen molar-refractivity contribution in [3.63, 3.8) is 0 Å². The molecular formula is C12H14F2N2OS. The van der Waals surface area contributed by atoms with E-state index in [1.165, 1.54) is 6.07 Å². The summed E-state index contributed by atoms with van der Waals surface area (Å²) >= 11 is 4.71. The standard InChI is InChI=1S/C12H14F2N2OS/c1-7(4-11(15)18)16-12(17)5-8-2-3-9(13)6-10(8)14/h2-3,6-7H,4-5H2,1H3,(H2,15,18)(H,16,17). The highest BCUT2D eigenvalue weighted by Crippen LogP contribution is 2.10. The Hall–Kier alpha value is -1.56. The van der Waals surface area contributed by atoms with Gasteiger partial charge in [0.2, 0.25) is 5.91 Å². The molecular weight excluding hydrogens is 258 g/mol. The summed E-state index contributed by atoms with van der Waals surface area (Å²) < 4.78 is 26.0. The molecule has 0 aliphatic rings. The monoisotopic (exact) mass is 272 g/mol. The lowest BCUT2D eigenvalue weighted by molar-refractivity contribution is -0.121. The van der Waals surface area contributed by atoms with Gasteiger partial charge in [-0.2, -0.15) is 0 Å². The number of nitrogens with two attached hydrogens (primary N) is 1. The summed E-state index contributed by atoms with van der Waals surface area (Å²) in [6, 6.07) is 2.91. The molecule has 0 fully saturated rings. The molecule has 98 valence electrons. The van der Waals surface area contributed by atoms with E-state index in [4.69, 9.17) is 18.0 Å². The lowest BCUT2D eigenvalue weighted by Gasteiger charge is -2.13. The van der Waals surface area contributed by atoms with Gasteiger partial charge in [-0.25, -0.2) is 8.78 Å². The van der Waals surface area contributed by atoms with Crippen molar-refractivity contribution in [3.8, 4) is 0 Å². The molecule has 0 saturated carbocycles. The van der Waals surface area contributed by atoms with Crippen LogP contribution >= 0.6 is 12.2 Å². The molecule has 1 aromatic carbocycles. The molecule has 1 rings (SSSR count). The molecule has 1 unspecified atom stereocenters. The van der Waals surface area contributed by atoms with E-state index in [1.807, 2.05) is 0 Å². The summed E-state index contributed by atoms with van der Waals surface area (Å²) in [4.78, 5) is 11.9. The highest BCUT2D eigenvalue weighted by molar-refractivity contribution is 7.80. The van der Waals surface area contributed by atoms with Crippen LogP contribution in [0.5, 0.6) is 0 Å². The molecule has 0 saturated heterocycles. The zero-order valence-corrected chi connectivity index (χ0v) is 10.7. The molecule has 0 radical (unpaired) electrons. The van der Waals surface area contributed by atoms with Gasteiger partial charge in [-0.05, 0) is 18.6 Å². The van der Waals surface area contributed by atoms with Crippen molar-refractivity contribution in [1.29, 1.82) is 0 Å². The summed E-state index contributed by atoms with van der Waals surface area (Å²) in [6.07, 6.45) is 0.237. The highest BCUT2D eigenvalue weighted by Gasteiger charge is 2.12. The van der Waals surface area contributed by atoms with Crippen LogP contribution in [0, 0.1) is 11.6 Å². The average molecular weight is 272 g/mol. The molecule has 0 aliphatic carbocycles. The number of benzene rings is 1. The lowest BCUT2D eigenvalue weighted by atomic mass is 10.1. The minimum absolute atomic E-state index is 0.145. The Labute approximate surface area is 109 Å². The first-order chi connectivity index (χ1) is 8.38. The van der Waals surface area contributed by atoms with Crippen LogP contribution < -0.4 is 11.1 Å². The van der Waals surface area contributed by atoms with Gasteiger partial charge in [0, 0.05) is 18.5 Å². The van der Waals surface area contributed by atoms with Crippen LogP contribution in [0.1, 0.15) is 18.9 Å². The summed E-state index contributed by atoms with van der Waals surface area (Å²) in [7, 11) is 0. The van der Waals surface area contributed by atoms with Crippen LogP contribution in [0.4, 0.5) is 8.78 Å². The molecule has 6 heteroatoms. The van der Waals surface area contributed by atoms with Crippen molar-refractivity contribution in [2.24, 2.45) is 5.73 Å². The quantitative estimate of drug-likeness (QED) is 0.802. The molecule has 0 bridgehead atoms. The minimum Gasteiger partial charge on any atom is -0.393 e. The van der Waals surface area contributed by atoms with Crippen molar-refractivity contribution in [2.75, 3.05) is 0 Å². The summed E-state index contributed by atoms with van der Waals surface area (Å²) in [5, 5.41) is 2.63. The highest BCUT2D eigenvalue weighted by atomic mass is 32.1. The predicted molar refractivity (Wildman–Crippen MR) is 69.1 cm³/mol. The fraction of sp³-hybridized carbons (Fsp3) is 0.333. The maximum absolute atomic E-state index is 13.3. The normalized spacial score (nSPS) is 11.9. The Morgan fingerprint density at radius 2 is 2.17 bits per heavy atom. The van der Waals surface area contributed by atoms with E-state index in [1.54, 1.807) is 6.92 Å². The second kappa shape index (κ2) is 6.39. The Kier molecular flexibility index (Phi) is 5.15. The molecule has 0 aromatic heterocycles. The van der Waals surface area contributed by atoms with Gasteiger partial charge in [0.05, 0.1) is 11.4 Å². The van der Waals surface area contributed by atoms with Gasteiger partial charge in [0.15, 0.2) is 0 Å². The van der Waals surface area contributed by atoms with Gasteiger partial charge in [-0.1, -0.05) is 18.3 Å². The number of carbonyl (C=O) groups excluding carboxylic acids is 1. The maximum atomic E-state index is 13.3. The minimum atomic E-state index is -0.729. The summed E-state index contributed by atoms with van der Waals surface area (Å²) in [6.45, 7) is 1.75. The van der Waals surface area contributed by atoms with Gasteiger partial charge in [-0.3, -0.25) is 4.79 Å². The molecule has 3 nitrogen and oxygen atoms in total. The second-order valence-electron chi connectivity index (χ2n) is 4.05. The Balaban J connectivity index is 2.56. The zero-order chi connectivity index (χ0) is 13.7. The number of carbonyl (C=O) groups is 1. The second-order valence-corrected chi connectivity index (χ2v) is 4.58. The van der Waals surface area contributed by atoms with E-state index in [-0.39, 0.29) is 23.9 Å². The first kappa shape index (κ1) is 14.5. The van der Waals surface area contributed by atoms with Gasteiger partial charge < -0.3 is 11.1 Å². The topological polar surface area (TPSA) is 55.1 Å². The van der Waals surface area contributed by atoms with Crippen LogP contribution in [0.2, 0.25) is 0 Å². The van der Waals surface area contributed by atoms with Crippen molar-refractivity contribution < 1.29 is 13.6 Å². The number of hydrogen-bond donors (Lipinski definition) is 2. The van der Waals surface area contributed by atoms with E-state index in [9.17, 15) is 13.6 Å².